The van der Waals surface area contributed by atoms with Crippen molar-refractivity contribution in [3.63, 3.8) is 0 Å². The third kappa shape index (κ3) is 3.45. The van der Waals surface area contributed by atoms with Crippen molar-refractivity contribution < 1.29 is 0 Å². The van der Waals surface area contributed by atoms with Crippen molar-refractivity contribution in [2.75, 3.05) is 0 Å². The highest BCUT2D eigenvalue weighted by molar-refractivity contribution is 9.11. The Morgan fingerprint density at radius 2 is 1.39 bits per heavy atom. The lowest BCUT2D eigenvalue weighted by Gasteiger charge is -2.15. The van der Waals surface area contributed by atoms with Gasteiger partial charge in [0.1, 0.15) is 0 Å². The van der Waals surface area contributed by atoms with Crippen LogP contribution in [-0.4, -0.2) is 0 Å². The number of benzene rings is 2. The second-order valence-electron chi connectivity index (χ2n) is 3.85. The minimum Gasteiger partial charge on any atom is -0.320 e. The summed E-state index contributed by atoms with van der Waals surface area (Å²) in [6, 6.07) is 11.9. The van der Waals surface area contributed by atoms with E-state index in [0.29, 0.717) is 0 Å². The molecule has 0 aliphatic carbocycles. The third-order valence-electron chi connectivity index (χ3n) is 2.54. The summed E-state index contributed by atoms with van der Waals surface area (Å²) in [6.45, 7) is 0. The van der Waals surface area contributed by atoms with Gasteiger partial charge in [-0.25, -0.2) is 0 Å². The molecule has 0 amide bonds. The molecule has 18 heavy (non-hydrogen) atoms. The van der Waals surface area contributed by atoms with Crippen LogP contribution < -0.4 is 5.73 Å². The molecule has 0 heterocycles. The van der Waals surface area contributed by atoms with Crippen molar-refractivity contribution in [3.05, 3.63) is 65.4 Å². The van der Waals surface area contributed by atoms with E-state index in [4.69, 9.17) is 5.73 Å². The zero-order chi connectivity index (χ0) is 13.3. The maximum absolute atomic E-state index is 6.33. The molecule has 0 aromatic heterocycles. The summed E-state index contributed by atoms with van der Waals surface area (Å²) >= 11 is 14.0. The van der Waals surface area contributed by atoms with E-state index in [1.165, 1.54) is 0 Å². The molecule has 1 nitrogen and oxygen atoms in total. The molecule has 5 heteroatoms. The molecule has 0 saturated carbocycles. The van der Waals surface area contributed by atoms with E-state index in [9.17, 15) is 0 Å². The molecule has 1 atom stereocenters. The molecule has 2 aromatic carbocycles. The number of hydrogen-bond acceptors (Lipinski definition) is 1. The molecule has 2 N–H and O–H groups in total. The second-order valence-corrected chi connectivity index (χ2v) is 7.45. The highest BCUT2D eigenvalue weighted by Crippen LogP contribution is 2.32. The fraction of sp³-hybridized carbons (Fsp3) is 0.0769. The fourth-order valence-electron chi connectivity index (χ4n) is 1.69. The first-order valence-corrected chi connectivity index (χ1v) is 8.31. The van der Waals surface area contributed by atoms with Crippen LogP contribution in [0.1, 0.15) is 17.2 Å². The summed E-state index contributed by atoms with van der Waals surface area (Å²) in [5.41, 5.74) is 8.43. The van der Waals surface area contributed by atoms with Crippen molar-refractivity contribution in [2.45, 2.75) is 6.04 Å². The van der Waals surface area contributed by atoms with Gasteiger partial charge < -0.3 is 5.73 Å². The summed E-state index contributed by atoms with van der Waals surface area (Å²) in [4.78, 5) is 0. The lowest BCUT2D eigenvalue weighted by atomic mass is 10.00. The Morgan fingerprint density at radius 3 is 2.00 bits per heavy atom. The Labute approximate surface area is 140 Å². The lowest BCUT2D eigenvalue weighted by molar-refractivity contribution is 0.863. The van der Waals surface area contributed by atoms with Crippen LogP contribution >= 0.6 is 63.7 Å². The zero-order valence-corrected chi connectivity index (χ0v) is 15.5. The van der Waals surface area contributed by atoms with Gasteiger partial charge in [-0.3, -0.25) is 0 Å². The quantitative estimate of drug-likeness (QED) is 0.558. The van der Waals surface area contributed by atoms with Crippen LogP contribution in [-0.2, 0) is 0 Å². The van der Waals surface area contributed by atoms with Crippen molar-refractivity contribution >= 4 is 63.7 Å². The van der Waals surface area contributed by atoms with Gasteiger partial charge in [-0.2, -0.15) is 0 Å². The van der Waals surface area contributed by atoms with E-state index >= 15 is 0 Å². The fourth-order valence-corrected chi connectivity index (χ4v) is 3.89. The maximum atomic E-state index is 6.33. The Hall–Kier alpha value is 0.320. The topological polar surface area (TPSA) is 26.0 Å². The summed E-state index contributed by atoms with van der Waals surface area (Å²) in [6.07, 6.45) is 0. The van der Waals surface area contributed by atoms with Crippen molar-refractivity contribution in [1.29, 1.82) is 0 Å². The molecule has 0 aliphatic rings. The number of nitrogens with two attached hydrogens (primary N) is 1. The average Bonchev–Trinajstić information content (AvgIpc) is 2.30. The predicted molar refractivity (Wildman–Crippen MR) is 89.7 cm³/mol. The molecule has 2 aromatic rings. The van der Waals surface area contributed by atoms with Gasteiger partial charge in [0.2, 0.25) is 0 Å². The van der Waals surface area contributed by atoms with E-state index in [1.807, 2.05) is 36.4 Å². The molecule has 0 saturated heterocycles. The number of rotatable bonds is 2. The van der Waals surface area contributed by atoms with E-state index in [1.54, 1.807) is 0 Å². The molecular weight excluding hydrogens is 490 g/mol. The van der Waals surface area contributed by atoms with Gasteiger partial charge in [-0.1, -0.05) is 63.7 Å². The molecule has 1 unspecified atom stereocenters. The second kappa shape index (κ2) is 6.18. The van der Waals surface area contributed by atoms with Crippen molar-refractivity contribution in [2.24, 2.45) is 5.73 Å². The minimum atomic E-state index is -0.175. The SMILES string of the molecule is NC(c1cc(Br)cc(Br)c1)c1cc(Br)ccc1Br. The van der Waals surface area contributed by atoms with E-state index < -0.39 is 0 Å². The summed E-state index contributed by atoms with van der Waals surface area (Å²) in [5, 5.41) is 0. The van der Waals surface area contributed by atoms with Crippen molar-refractivity contribution in [1.82, 2.24) is 0 Å². The largest absolute Gasteiger partial charge is 0.320 e. The van der Waals surface area contributed by atoms with Crippen LogP contribution in [0.5, 0.6) is 0 Å². The first kappa shape index (κ1) is 14.7. The van der Waals surface area contributed by atoms with Gasteiger partial charge in [0, 0.05) is 17.9 Å². The normalized spacial score (nSPS) is 12.5. The lowest BCUT2D eigenvalue weighted by Crippen LogP contribution is -2.12. The van der Waals surface area contributed by atoms with Gasteiger partial charge in [0.05, 0.1) is 6.04 Å². The molecule has 0 aliphatic heterocycles. The summed E-state index contributed by atoms with van der Waals surface area (Å²) in [5.74, 6) is 0. The van der Waals surface area contributed by atoms with Gasteiger partial charge in [-0.05, 0) is 47.5 Å². The molecule has 0 bridgehead atoms. The Morgan fingerprint density at radius 1 is 0.778 bits per heavy atom. The van der Waals surface area contributed by atoms with E-state index in [-0.39, 0.29) is 6.04 Å². The molecule has 0 spiro atoms. The minimum absolute atomic E-state index is 0.175. The third-order valence-corrected chi connectivity index (χ3v) is 4.67. The van der Waals surface area contributed by atoms with E-state index in [2.05, 4.69) is 63.7 Å². The number of halogens is 4. The monoisotopic (exact) mass is 495 g/mol. The van der Waals surface area contributed by atoms with Crippen LogP contribution in [0.4, 0.5) is 0 Å². The standard InChI is InChI=1S/C13H9Br4N/c14-8-1-2-12(17)11(6-8)13(18)7-3-9(15)5-10(16)4-7/h1-6,13H,18H2. The van der Waals surface area contributed by atoms with Gasteiger partial charge in [-0.15, -0.1) is 0 Å². The number of hydrogen-bond donors (Lipinski definition) is 1. The molecule has 2 rings (SSSR count). The van der Waals surface area contributed by atoms with Crippen LogP contribution in [0.3, 0.4) is 0 Å². The first-order valence-electron chi connectivity index (χ1n) is 5.14. The molecule has 0 fully saturated rings. The van der Waals surface area contributed by atoms with Crippen LogP contribution in [0.2, 0.25) is 0 Å². The molecular formula is C13H9Br4N. The maximum Gasteiger partial charge on any atom is 0.0564 e. The summed E-state index contributed by atoms with van der Waals surface area (Å²) in [7, 11) is 0. The Bertz CT molecular complexity index is 563. The van der Waals surface area contributed by atoms with Crippen LogP contribution in [0.25, 0.3) is 0 Å². The molecule has 94 valence electrons. The first-order chi connectivity index (χ1) is 8.47. The van der Waals surface area contributed by atoms with Crippen molar-refractivity contribution in [3.8, 4) is 0 Å². The Balaban J connectivity index is 2.47. The zero-order valence-electron chi connectivity index (χ0n) is 9.13. The van der Waals surface area contributed by atoms with Gasteiger partial charge in [0.25, 0.3) is 0 Å². The van der Waals surface area contributed by atoms with Crippen LogP contribution in [0.15, 0.2) is 54.3 Å². The highest BCUT2D eigenvalue weighted by Gasteiger charge is 2.13. The molecule has 0 radical (unpaired) electrons. The van der Waals surface area contributed by atoms with Gasteiger partial charge >= 0.3 is 0 Å². The predicted octanol–water partition coefficient (Wildman–Crippen LogP) is 5.78. The smallest absolute Gasteiger partial charge is 0.0564 e. The average molecular weight is 499 g/mol. The highest BCUT2D eigenvalue weighted by atomic mass is 79.9. The van der Waals surface area contributed by atoms with Gasteiger partial charge in [0.15, 0.2) is 0 Å². The summed E-state index contributed by atoms with van der Waals surface area (Å²) < 4.78 is 4.04. The Kier molecular flexibility index (Phi) is 5.06. The van der Waals surface area contributed by atoms with Crippen LogP contribution in [0, 0.1) is 0 Å². The van der Waals surface area contributed by atoms with E-state index in [0.717, 1.165) is 29.0 Å².